The molecule has 204 valence electrons. The number of hydrogen-bond acceptors (Lipinski definition) is 8. The Balaban J connectivity index is 1.43. The molecule has 0 fully saturated rings. The maximum Gasteiger partial charge on any atom is 0.290 e. The van der Waals surface area contributed by atoms with Crippen LogP contribution in [-0.2, 0) is 19.5 Å². The molecule has 0 aromatic carbocycles. The van der Waals surface area contributed by atoms with Gasteiger partial charge in [0.2, 0.25) is 0 Å². The Kier molecular flexibility index (Phi) is 7.86. The summed E-state index contributed by atoms with van der Waals surface area (Å²) in [6.45, 7) is 0.890. The summed E-state index contributed by atoms with van der Waals surface area (Å²) < 4.78 is 3.68. The molecule has 1 N–H and O–H groups in total. The summed E-state index contributed by atoms with van der Waals surface area (Å²) in [7, 11) is 0. The summed E-state index contributed by atoms with van der Waals surface area (Å²) in [4.78, 5) is 37.5. The highest BCUT2D eigenvalue weighted by Gasteiger charge is 2.21. The van der Waals surface area contributed by atoms with Gasteiger partial charge in [-0.25, -0.2) is 0 Å². The van der Waals surface area contributed by atoms with Crippen LogP contribution in [0.4, 0.5) is 5.82 Å². The highest BCUT2D eigenvalue weighted by atomic mass is 35.5. The summed E-state index contributed by atoms with van der Waals surface area (Å²) in [5.41, 5.74) is 3.08. The van der Waals surface area contributed by atoms with E-state index in [4.69, 9.17) is 11.6 Å². The molecule has 6 aromatic heterocycles. The van der Waals surface area contributed by atoms with Gasteiger partial charge in [0.1, 0.15) is 11.5 Å². The first-order chi connectivity index (χ1) is 20.0. The van der Waals surface area contributed by atoms with Crippen LogP contribution in [0.2, 0.25) is 4.34 Å². The van der Waals surface area contributed by atoms with E-state index in [9.17, 15) is 9.59 Å². The molecule has 0 bridgehead atoms. The molecule has 0 spiro atoms. The van der Waals surface area contributed by atoms with Crippen LogP contribution in [0.15, 0.2) is 102 Å². The van der Waals surface area contributed by atoms with Gasteiger partial charge in [0.15, 0.2) is 0 Å². The van der Waals surface area contributed by atoms with Crippen LogP contribution in [-0.4, -0.2) is 30.2 Å². The molecule has 41 heavy (non-hydrogen) atoms. The molecule has 0 aliphatic rings. The Bertz CT molecular complexity index is 1850. The Labute approximate surface area is 248 Å². The number of carbonyl (C=O) groups excluding carboxylic acids is 1. The van der Waals surface area contributed by atoms with Crippen LogP contribution in [0.3, 0.4) is 0 Å². The van der Waals surface area contributed by atoms with Crippen molar-refractivity contribution in [3.05, 3.63) is 127 Å². The van der Waals surface area contributed by atoms with Gasteiger partial charge in [-0.1, -0.05) is 29.8 Å². The zero-order chi connectivity index (χ0) is 28.2. The molecular weight excluding hydrogens is 576 g/mol. The lowest BCUT2D eigenvalue weighted by Gasteiger charge is -2.11. The topological polar surface area (TPSA) is 94.7 Å². The minimum absolute atomic E-state index is 0.210. The molecule has 0 aliphatic heterocycles. The van der Waals surface area contributed by atoms with Crippen LogP contribution < -0.4 is 10.9 Å². The fraction of sp³-hybridized carbons (Fsp3) is 0.100. The van der Waals surface area contributed by atoms with Gasteiger partial charge in [-0.2, -0.15) is 9.78 Å². The third-order valence-corrected chi connectivity index (χ3v) is 8.48. The first-order valence-corrected chi connectivity index (χ1v) is 14.8. The Morgan fingerprint density at radius 1 is 1.00 bits per heavy atom. The standard InChI is InChI=1S/C30H23ClN6O2S2/c31-27-9-8-22(41-27)18-34-28-16-25(35-37(28)30(39)26-7-4-14-40-26)23-15-21(24-6-1-2-12-33-24)19-36(29(23)38)13-10-20-5-3-11-32-17-20/h1-9,11-12,14-17,19,34H,10,13,18H2. The van der Waals surface area contributed by atoms with Crippen molar-refractivity contribution < 1.29 is 4.79 Å². The van der Waals surface area contributed by atoms with E-state index < -0.39 is 0 Å². The summed E-state index contributed by atoms with van der Waals surface area (Å²) in [6, 6.07) is 20.4. The molecule has 6 rings (SSSR count). The second kappa shape index (κ2) is 12.0. The summed E-state index contributed by atoms with van der Waals surface area (Å²) in [5, 5.41) is 9.81. The fourth-order valence-corrected chi connectivity index (χ4v) is 6.05. The third kappa shape index (κ3) is 6.04. The molecule has 0 saturated heterocycles. The smallest absolute Gasteiger partial charge is 0.290 e. The van der Waals surface area contributed by atoms with Gasteiger partial charge in [-0.3, -0.25) is 19.6 Å². The number of carbonyl (C=O) groups is 1. The molecule has 0 unspecified atom stereocenters. The highest BCUT2D eigenvalue weighted by molar-refractivity contribution is 7.16. The maximum atomic E-state index is 13.8. The summed E-state index contributed by atoms with van der Waals surface area (Å²) in [5.74, 6) is 0.197. The quantitative estimate of drug-likeness (QED) is 0.204. The highest BCUT2D eigenvalue weighted by Crippen LogP contribution is 2.27. The van der Waals surface area contributed by atoms with E-state index in [0.717, 1.165) is 21.7 Å². The molecule has 0 amide bonds. The van der Waals surface area contributed by atoms with Gasteiger partial charge in [0, 0.05) is 47.8 Å². The molecular formula is C30H23ClN6O2S2. The van der Waals surface area contributed by atoms with Crippen molar-refractivity contribution in [1.82, 2.24) is 24.3 Å². The number of aryl methyl sites for hydroxylation is 2. The second-order valence-corrected chi connectivity index (χ2v) is 11.9. The van der Waals surface area contributed by atoms with Crippen LogP contribution >= 0.6 is 34.3 Å². The molecule has 0 atom stereocenters. The SMILES string of the molecule is O=C(c1cccs1)n1nc(-c2cc(-c3ccccn3)cn(CCc3cccnc3)c2=O)cc1NCc1ccc(Cl)s1. The molecule has 11 heteroatoms. The number of nitrogens with one attached hydrogen (secondary N) is 1. The Morgan fingerprint density at radius 2 is 1.93 bits per heavy atom. The van der Waals surface area contributed by atoms with Crippen molar-refractivity contribution >= 4 is 46.0 Å². The van der Waals surface area contributed by atoms with Gasteiger partial charge in [0.25, 0.3) is 11.5 Å². The van der Waals surface area contributed by atoms with Crippen molar-refractivity contribution in [3.8, 4) is 22.5 Å². The number of anilines is 1. The van der Waals surface area contributed by atoms with Gasteiger partial charge in [0.05, 0.1) is 27.0 Å². The predicted octanol–water partition coefficient (Wildman–Crippen LogP) is 6.49. The predicted molar refractivity (Wildman–Crippen MR) is 164 cm³/mol. The van der Waals surface area contributed by atoms with Gasteiger partial charge in [-0.15, -0.1) is 22.7 Å². The van der Waals surface area contributed by atoms with Crippen molar-refractivity contribution in [2.45, 2.75) is 19.5 Å². The van der Waals surface area contributed by atoms with Gasteiger partial charge < -0.3 is 9.88 Å². The first kappa shape index (κ1) is 26.8. The molecule has 0 radical (unpaired) electrons. The minimum Gasteiger partial charge on any atom is -0.365 e. The number of rotatable bonds is 9. The zero-order valence-corrected chi connectivity index (χ0v) is 24.0. The number of aromatic nitrogens is 5. The fourth-order valence-electron chi connectivity index (χ4n) is 4.38. The van der Waals surface area contributed by atoms with Crippen molar-refractivity contribution in [2.75, 3.05) is 5.32 Å². The normalized spacial score (nSPS) is 11.0. The number of hydrogen-bond donors (Lipinski definition) is 1. The summed E-state index contributed by atoms with van der Waals surface area (Å²) in [6.07, 6.45) is 7.68. The number of thiophene rings is 2. The van der Waals surface area contributed by atoms with E-state index in [0.29, 0.717) is 45.8 Å². The van der Waals surface area contributed by atoms with E-state index in [2.05, 4.69) is 20.4 Å². The van der Waals surface area contributed by atoms with Crippen LogP contribution in [0.25, 0.3) is 22.5 Å². The maximum absolute atomic E-state index is 13.8. The summed E-state index contributed by atoms with van der Waals surface area (Å²) >= 11 is 8.90. The first-order valence-electron chi connectivity index (χ1n) is 12.8. The average Bonchev–Trinajstić information content (AvgIpc) is 3.78. The zero-order valence-electron chi connectivity index (χ0n) is 21.6. The van der Waals surface area contributed by atoms with E-state index in [-0.39, 0.29) is 11.5 Å². The largest absolute Gasteiger partial charge is 0.365 e. The number of nitrogens with zero attached hydrogens (tertiary/aromatic N) is 5. The molecule has 6 aromatic rings. The van der Waals surface area contributed by atoms with E-state index >= 15 is 0 Å². The average molecular weight is 599 g/mol. The lowest BCUT2D eigenvalue weighted by molar-refractivity contribution is 0.0952. The molecule has 8 nitrogen and oxygen atoms in total. The molecule has 0 saturated carbocycles. The Morgan fingerprint density at radius 3 is 2.66 bits per heavy atom. The number of pyridine rings is 3. The van der Waals surface area contributed by atoms with Crippen molar-refractivity contribution in [3.63, 3.8) is 0 Å². The monoisotopic (exact) mass is 598 g/mol. The van der Waals surface area contributed by atoms with Gasteiger partial charge >= 0.3 is 0 Å². The van der Waals surface area contributed by atoms with Crippen molar-refractivity contribution in [2.24, 2.45) is 0 Å². The minimum atomic E-state index is -0.282. The molecule has 6 heterocycles. The van der Waals surface area contributed by atoms with Crippen LogP contribution in [0.1, 0.15) is 20.1 Å². The van der Waals surface area contributed by atoms with E-state index in [1.54, 1.807) is 41.4 Å². The lowest BCUT2D eigenvalue weighted by Crippen LogP contribution is -2.23. The lowest BCUT2D eigenvalue weighted by atomic mass is 10.1. The van der Waals surface area contributed by atoms with E-state index in [1.165, 1.54) is 27.4 Å². The second-order valence-electron chi connectivity index (χ2n) is 9.14. The molecule has 0 aliphatic carbocycles. The van der Waals surface area contributed by atoms with Crippen LogP contribution in [0.5, 0.6) is 0 Å². The Hall–Kier alpha value is -4.38. The van der Waals surface area contributed by atoms with Gasteiger partial charge in [-0.05, 0) is 59.8 Å². The van der Waals surface area contributed by atoms with Crippen LogP contribution in [0, 0.1) is 0 Å². The third-order valence-electron chi connectivity index (χ3n) is 6.39. The number of halogens is 1. The van der Waals surface area contributed by atoms with E-state index in [1.807, 2.05) is 60.1 Å². The van der Waals surface area contributed by atoms with Crippen molar-refractivity contribution in [1.29, 1.82) is 0 Å².